The predicted molar refractivity (Wildman–Crippen MR) is 136 cm³/mol. The molecule has 1 aliphatic rings. The van der Waals surface area contributed by atoms with Crippen LogP contribution in [0.1, 0.15) is 36.5 Å². The van der Waals surface area contributed by atoms with E-state index in [4.69, 9.17) is 13.0 Å². The quantitative estimate of drug-likeness (QED) is 0.0892. The molecule has 173 valence electrons. The van der Waals surface area contributed by atoms with Gasteiger partial charge < -0.3 is 13.0 Å². The molecule has 1 N–H and O–H groups in total. The predicted octanol–water partition coefficient (Wildman–Crippen LogP) is 7.55. The van der Waals surface area contributed by atoms with Gasteiger partial charge in [-0.3, -0.25) is 0 Å². The smallest absolute Gasteiger partial charge is 0.0495 e. The summed E-state index contributed by atoms with van der Waals surface area (Å²) in [6.45, 7) is 2.46. The third-order valence-electron chi connectivity index (χ3n) is 7.12. The van der Waals surface area contributed by atoms with Gasteiger partial charge in [0, 0.05) is 36.8 Å². The van der Waals surface area contributed by atoms with Crippen LogP contribution in [0.15, 0.2) is 91.0 Å². The van der Waals surface area contributed by atoms with Gasteiger partial charge in [-0.25, -0.2) is 0 Å². The van der Waals surface area contributed by atoms with Gasteiger partial charge in [0.05, 0.1) is 0 Å². The van der Waals surface area contributed by atoms with E-state index in [9.17, 15) is 0 Å². The molecule has 6 rings (SSSR count). The molecule has 0 aromatic heterocycles. The SMILES string of the molecule is CC1(c2cccc3ccccc23)CCCc2c1ccc1c2ccc2ccccc21.O=[S-](=O)O.[Re]. The average Bonchev–Trinajstić information content (AvgIpc) is 2.83. The van der Waals surface area contributed by atoms with Crippen molar-refractivity contribution in [2.75, 3.05) is 0 Å². The number of hydrogen-bond acceptors (Lipinski definition) is 3. The van der Waals surface area contributed by atoms with Crippen molar-refractivity contribution in [2.24, 2.45) is 0 Å². The van der Waals surface area contributed by atoms with E-state index in [0.29, 0.717) is 0 Å². The monoisotopic (exact) mass is 640 g/mol. The van der Waals surface area contributed by atoms with Gasteiger partial charge in [0.15, 0.2) is 0 Å². The summed E-state index contributed by atoms with van der Waals surface area (Å²) in [7, 11) is -2.86. The first-order valence-electron chi connectivity index (χ1n) is 11.2. The summed E-state index contributed by atoms with van der Waals surface area (Å²) in [6, 6.07) is 33.8. The van der Waals surface area contributed by atoms with E-state index in [1.54, 1.807) is 5.56 Å². The van der Waals surface area contributed by atoms with E-state index in [1.807, 2.05) is 0 Å². The molecule has 5 aromatic rings. The molecule has 5 aromatic carbocycles. The minimum atomic E-state index is -2.86. The van der Waals surface area contributed by atoms with Crippen molar-refractivity contribution in [3.8, 4) is 0 Å². The normalized spacial score (nSPS) is 17.1. The van der Waals surface area contributed by atoms with Crippen LogP contribution in [-0.4, -0.2) is 4.55 Å². The zero-order valence-electron chi connectivity index (χ0n) is 18.8. The van der Waals surface area contributed by atoms with E-state index in [1.165, 1.54) is 62.7 Å². The maximum absolute atomic E-state index is 8.56. The van der Waals surface area contributed by atoms with E-state index < -0.39 is 11.0 Å². The molecule has 5 heteroatoms. The second kappa shape index (κ2) is 9.98. The number of benzene rings is 5. The van der Waals surface area contributed by atoms with Crippen molar-refractivity contribution >= 4 is 43.3 Å². The van der Waals surface area contributed by atoms with Gasteiger partial charge in [-0.2, -0.15) is 0 Å². The minimum absolute atomic E-state index is 0. The van der Waals surface area contributed by atoms with Crippen molar-refractivity contribution < 1.29 is 33.4 Å². The second-order valence-electron chi connectivity index (χ2n) is 8.90. The second-order valence-corrected chi connectivity index (χ2v) is 9.34. The third kappa shape index (κ3) is 4.30. The maximum Gasteiger partial charge on any atom is 0.0495 e. The van der Waals surface area contributed by atoms with E-state index in [0.717, 1.165) is 0 Å². The van der Waals surface area contributed by atoms with Crippen LogP contribution in [0.2, 0.25) is 0 Å². The summed E-state index contributed by atoms with van der Waals surface area (Å²) < 4.78 is 24.1. The van der Waals surface area contributed by atoms with Crippen LogP contribution in [0, 0.1) is 0 Å². The zero-order valence-corrected chi connectivity index (χ0v) is 22.4. The summed E-state index contributed by atoms with van der Waals surface area (Å²) in [5, 5.41) is 8.25. The van der Waals surface area contributed by atoms with Crippen LogP contribution in [0.25, 0.3) is 32.3 Å². The Labute approximate surface area is 215 Å². The molecule has 1 unspecified atom stereocenters. The summed E-state index contributed by atoms with van der Waals surface area (Å²) in [5.41, 5.74) is 4.59. The van der Waals surface area contributed by atoms with Gasteiger partial charge in [0.1, 0.15) is 0 Å². The Kier molecular flexibility index (Phi) is 7.21. The fraction of sp³-hybridized carbons (Fsp3) is 0.172. The van der Waals surface area contributed by atoms with E-state index >= 15 is 0 Å². The van der Waals surface area contributed by atoms with E-state index in [-0.39, 0.29) is 25.8 Å². The first-order valence-corrected chi connectivity index (χ1v) is 12.2. The van der Waals surface area contributed by atoms with Crippen molar-refractivity contribution in [1.82, 2.24) is 0 Å². The minimum Gasteiger partial charge on any atom is -0.439 e. The van der Waals surface area contributed by atoms with Crippen LogP contribution in [0.5, 0.6) is 0 Å². The molecule has 0 aliphatic heterocycles. The average molecular weight is 640 g/mol. The number of fused-ring (bicyclic) bond motifs is 6. The maximum atomic E-state index is 8.56. The van der Waals surface area contributed by atoms with Gasteiger partial charge in [-0.15, -0.1) is 0 Å². The molecular weight excluding hydrogens is 615 g/mol. The van der Waals surface area contributed by atoms with Crippen molar-refractivity contribution in [3.05, 3.63) is 108 Å². The summed E-state index contributed by atoms with van der Waals surface area (Å²) in [5.74, 6) is 0. The first kappa shape index (κ1) is 24.6. The van der Waals surface area contributed by atoms with Crippen molar-refractivity contribution in [2.45, 2.75) is 31.6 Å². The molecular formula is C29H25O3ReS-. The Balaban J connectivity index is 0.000000511. The van der Waals surface area contributed by atoms with Crippen LogP contribution in [0.4, 0.5) is 0 Å². The molecule has 0 spiro atoms. The number of rotatable bonds is 1. The first-order chi connectivity index (χ1) is 16.0. The topological polar surface area (TPSA) is 54.4 Å². The summed E-state index contributed by atoms with van der Waals surface area (Å²) in [4.78, 5) is 0. The Morgan fingerprint density at radius 3 is 2.00 bits per heavy atom. The molecule has 34 heavy (non-hydrogen) atoms. The molecule has 0 fully saturated rings. The fourth-order valence-electron chi connectivity index (χ4n) is 5.68. The van der Waals surface area contributed by atoms with Crippen LogP contribution in [-0.2, 0) is 51.7 Å². The molecule has 0 heterocycles. The molecule has 1 atom stereocenters. The molecule has 3 nitrogen and oxygen atoms in total. The number of hydrogen-bond donors (Lipinski definition) is 1. The molecule has 0 amide bonds. The van der Waals surface area contributed by atoms with Crippen LogP contribution in [0.3, 0.4) is 0 Å². The molecule has 1 aliphatic carbocycles. The Hall–Kier alpha value is -2.55. The largest absolute Gasteiger partial charge is 0.439 e. The standard InChI is InChI=1S/C29H24.HO3S.Re/c1-29(27-14-6-10-20-8-3-5-12-23(20)27)19-7-13-26-25-16-15-21-9-2-4-11-22(21)24(25)17-18-28(26)29;1-4(2)3;/h2-6,8-12,14-18H,7,13,19H2,1H3;(H,1,2,3);/q;-1;. The van der Waals surface area contributed by atoms with Gasteiger partial charge in [-0.05, 0) is 68.3 Å². The van der Waals surface area contributed by atoms with Gasteiger partial charge in [0.2, 0.25) is 0 Å². The zero-order chi connectivity index (χ0) is 23.0. The van der Waals surface area contributed by atoms with Gasteiger partial charge in [-0.1, -0.05) is 97.9 Å². The van der Waals surface area contributed by atoms with Crippen LogP contribution >= 0.6 is 0 Å². The Morgan fingerprint density at radius 2 is 1.26 bits per heavy atom. The summed E-state index contributed by atoms with van der Waals surface area (Å²) in [6.07, 6.45) is 3.61. The molecule has 0 bridgehead atoms. The number of aryl methyl sites for hydroxylation is 1. The Morgan fingerprint density at radius 1 is 0.676 bits per heavy atom. The van der Waals surface area contributed by atoms with Gasteiger partial charge in [0.25, 0.3) is 0 Å². The fourth-order valence-corrected chi connectivity index (χ4v) is 5.68. The van der Waals surface area contributed by atoms with Crippen molar-refractivity contribution in [3.63, 3.8) is 0 Å². The van der Waals surface area contributed by atoms with Gasteiger partial charge >= 0.3 is 0 Å². The van der Waals surface area contributed by atoms with Crippen molar-refractivity contribution in [1.29, 1.82) is 0 Å². The molecule has 1 radical (unpaired) electrons. The third-order valence-corrected chi connectivity index (χ3v) is 7.12. The molecule has 0 saturated carbocycles. The van der Waals surface area contributed by atoms with E-state index in [2.05, 4.69) is 97.9 Å². The van der Waals surface area contributed by atoms with Crippen LogP contribution < -0.4 is 0 Å². The molecule has 0 saturated heterocycles. The summed E-state index contributed by atoms with van der Waals surface area (Å²) >= 11 is 0. The Bertz CT molecular complexity index is 1560.